The molecule has 6 nitrogen and oxygen atoms in total. The molecule has 1 amide bonds. The summed E-state index contributed by atoms with van der Waals surface area (Å²) in [6.45, 7) is 6.86. The van der Waals surface area contributed by atoms with Crippen LogP contribution in [0.2, 0.25) is 0 Å². The van der Waals surface area contributed by atoms with Crippen molar-refractivity contribution in [2.24, 2.45) is 0 Å². The van der Waals surface area contributed by atoms with Crippen molar-refractivity contribution in [2.45, 2.75) is 20.3 Å². The van der Waals surface area contributed by atoms with Crippen LogP contribution in [0.3, 0.4) is 0 Å². The van der Waals surface area contributed by atoms with E-state index in [0.29, 0.717) is 12.5 Å². The van der Waals surface area contributed by atoms with E-state index >= 15 is 0 Å². The first-order valence-electron chi connectivity index (χ1n) is 6.68. The molecule has 2 rings (SSSR count). The van der Waals surface area contributed by atoms with Crippen molar-refractivity contribution in [2.75, 3.05) is 43.4 Å². The number of nitrogens with one attached hydrogen (secondary N) is 1. The minimum absolute atomic E-state index is 0.132. The smallest absolute Gasteiger partial charge is 0.241 e. The van der Waals surface area contributed by atoms with Crippen molar-refractivity contribution < 1.29 is 4.79 Å². The SMILES string of the molecule is CCCNc1ncc(C)c(N2CCN(C)C(=O)C2)n1. The Morgan fingerprint density at radius 1 is 1.42 bits per heavy atom. The van der Waals surface area contributed by atoms with E-state index in [1.165, 1.54) is 0 Å². The van der Waals surface area contributed by atoms with Crippen molar-refractivity contribution in [3.05, 3.63) is 11.8 Å². The van der Waals surface area contributed by atoms with Gasteiger partial charge in [-0.05, 0) is 13.3 Å². The molecule has 19 heavy (non-hydrogen) atoms. The van der Waals surface area contributed by atoms with Gasteiger partial charge in [0.2, 0.25) is 11.9 Å². The second-order valence-electron chi connectivity index (χ2n) is 4.86. The molecule has 0 spiro atoms. The third-order valence-corrected chi connectivity index (χ3v) is 3.23. The first-order chi connectivity index (χ1) is 9.11. The molecular weight excluding hydrogens is 242 g/mol. The molecule has 1 aromatic heterocycles. The fraction of sp³-hybridized carbons (Fsp3) is 0.615. The summed E-state index contributed by atoms with van der Waals surface area (Å²) < 4.78 is 0. The minimum Gasteiger partial charge on any atom is -0.354 e. The van der Waals surface area contributed by atoms with Gasteiger partial charge >= 0.3 is 0 Å². The summed E-state index contributed by atoms with van der Waals surface area (Å²) in [7, 11) is 1.83. The lowest BCUT2D eigenvalue weighted by molar-refractivity contribution is -0.129. The number of hydrogen-bond donors (Lipinski definition) is 1. The van der Waals surface area contributed by atoms with Gasteiger partial charge in [-0.25, -0.2) is 4.98 Å². The number of anilines is 2. The summed E-state index contributed by atoms with van der Waals surface area (Å²) in [5, 5.41) is 3.18. The third-order valence-electron chi connectivity index (χ3n) is 3.23. The van der Waals surface area contributed by atoms with Gasteiger partial charge in [-0.3, -0.25) is 4.79 Å². The number of hydrogen-bond acceptors (Lipinski definition) is 5. The van der Waals surface area contributed by atoms with Gasteiger partial charge < -0.3 is 15.1 Å². The summed E-state index contributed by atoms with van der Waals surface area (Å²) in [4.78, 5) is 24.3. The highest BCUT2D eigenvalue weighted by Crippen LogP contribution is 2.19. The molecule has 1 fully saturated rings. The van der Waals surface area contributed by atoms with Crippen molar-refractivity contribution in [1.29, 1.82) is 0 Å². The molecule has 104 valence electrons. The second-order valence-corrected chi connectivity index (χ2v) is 4.86. The Morgan fingerprint density at radius 2 is 2.21 bits per heavy atom. The average molecular weight is 263 g/mol. The Morgan fingerprint density at radius 3 is 2.89 bits per heavy atom. The lowest BCUT2D eigenvalue weighted by atomic mass is 10.2. The normalized spacial score (nSPS) is 15.8. The zero-order chi connectivity index (χ0) is 13.8. The Bertz CT molecular complexity index is 462. The molecule has 0 aliphatic carbocycles. The maximum atomic E-state index is 11.8. The van der Waals surface area contributed by atoms with Crippen LogP contribution in [-0.2, 0) is 4.79 Å². The van der Waals surface area contributed by atoms with Crippen LogP contribution in [0.25, 0.3) is 0 Å². The van der Waals surface area contributed by atoms with Gasteiger partial charge in [0.15, 0.2) is 0 Å². The first kappa shape index (κ1) is 13.6. The van der Waals surface area contributed by atoms with Crippen LogP contribution in [0.15, 0.2) is 6.20 Å². The zero-order valence-electron chi connectivity index (χ0n) is 11.8. The number of amides is 1. The quantitative estimate of drug-likeness (QED) is 0.874. The summed E-state index contributed by atoms with van der Waals surface area (Å²) >= 11 is 0. The number of aryl methyl sites for hydroxylation is 1. The Kier molecular flexibility index (Phi) is 4.19. The molecule has 0 unspecified atom stereocenters. The topological polar surface area (TPSA) is 61.4 Å². The van der Waals surface area contributed by atoms with E-state index in [9.17, 15) is 4.79 Å². The molecule has 0 saturated carbocycles. The monoisotopic (exact) mass is 263 g/mol. The van der Waals surface area contributed by atoms with Crippen molar-refractivity contribution in [3.8, 4) is 0 Å². The number of carbonyl (C=O) groups excluding carboxylic acids is 1. The van der Waals surface area contributed by atoms with Gasteiger partial charge in [0.1, 0.15) is 5.82 Å². The van der Waals surface area contributed by atoms with Gasteiger partial charge in [0.05, 0.1) is 6.54 Å². The molecule has 1 saturated heterocycles. The van der Waals surface area contributed by atoms with E-state index in [0.717, 1.165) is 37.4 Å². The van der Waals surface area contributed by atoms with Crippen LogP contribution in [-0.4, -0.2) is 54.0 Å². The number of nitrogens with zero attached hydrogens (tertiary/aromatic N) is 4. The molecule has 2 heterocycles. The molecule has 0 atom stereocenters. The summed E-state index contributed by atoms with van der Waals surface area (Å²) in [6, 6.07) is 0. The summed E-state index contributed by atoms with van der Waals surface area (Å²) in [5.74, 6) is 1.62. The lowest BCUT2D eigenvalue weighted by Crippen LogP contribution is -2.49. The second kappa shape index (κ2) is 5.86. The highest BCUT2D eigenvalue weighted by Gasteiger charge is 2.23. The van der Waals surface area contributed by atoms with Gasteiger partial charge in [-0.15, -0.1) is 0 Å². The lowest BCUT2D eigenvalue weighted by Gasteiger charge is -2.33. The van der Waals surface area contributed by atoms with Crippen LogP contribution in [0.4, 0.5) is 11.8 Å². The molecular formula is C13H21N5O. The molecule has 1 aliphatic heterocycles. The number of carbonyl (C=O) groups is 1. The van der Waals surface area contributed by atoms with E-state index in [-0.39, 0.29) is 5.91 Å². The molecule has 1 N–H and O–H groups in total. The fourth-order valence-electron chi connectivity index (χ4n) is 2.01. The van der Waals surface area contributed by atoms with E-state index < -0.39 is 0 Å². The van der Waals surface area contributed by atoms with E-state index in [4.69, 9.17) is 0 Å². The van der Waals surface area contributed by atoms with E-state index in [1.54, 1.807) is 4.90 Å². The molecule has 1 aliphatic rings. The predicted molar refractivity (Wildman–Crippen MR) is 75.4 cm³/mol. The maximum absolute atomic E-state index is 11.8. The summed E-state index contributed by atoms with van der Waals surface area (Å²) in [6.07, 6.45) is 2.84. The highest BCUT2D eigenvalue weighted by atomic mass is 16.2. The number of rotatable bonds is 4. The maximum Gasteiger partial charge on any atom is 0.241 e. The van der Waals surface area contributed by atoms with Crippen molar-refractivity contribution in [3.63, 3.8) is 0 Å². The van der Waals surface area contributed by atoms with E-state index in [2.05, 4.69) is 22.2 Å². The summed E-state index contributed by atoms with van der Waals surface area (Å²) in [5.41, 5.74) is 0.999. The van der Waals surface area contributed by atoms with Crippen LogP contribution < -0.4 is 10.2 Å². The highest BCUT2D eigenvalue weighted by molar-refractivity contribution is 5.82. The number of aromatic nitrogens is 2. The van der Waals surface area contributed by atoms with Crippen LogP contribution in [0.5, 0.6) is 0 Å². The molecule has 0 radical (unpaired) electrons. The van der Waals surface area contributed by atoms with Gasteiger partial charge in [0, 0.05) is 38.4 Å². The van der Waals surface area contributed by atoms with Gasteiger partial charge in [-0.1, -0.05) is 6.92 Å². The van der Waals surface area contributed by atoms with Gasteiger partial charge in [-0.2, -0.15) is 4.98 Å². The molecule has 1 aromatic rings. The fourth-order valence-corrected chi connectivity index (χ4v) is 2.01. The van der Waals surface area contributed by atoms with E-state index in [1.807, 2.05) is 25.1 Å². The van der Waals surface area contributed by atoms with Gasteiger partial charge in [0.25, 0.3) is 0 Å². The Balaban J connectivity index is 2.16. The Labute approximate surface area is 113 Å². The minimum atomic E-state index is 0.132. The number of likely N-dealkylation sites (N-methyl/N-ethyl adjacent to an activating group) is 1. The van der Waals surface area contributed by atoms with Crippen LogP contribution in [0, 0.1) is 6.92 Å². The predicted octanol–water partition coefficient (Wildman–Crippen LogP) is 0.885. The number of piperazine rings is 1. The van der Waals surface area contributed by atoms with Crippen molar-refractivity contribution in [1.82, 2.24) is 14.9 Å². The Hall–Kier alpha value is -1.85. The average Bonchev–Trinajstić information content (AvgIpc) is 2.41. The standard InChI is InChI=1S/C13H21N5O/c1-4-5-14-13-15-8-10(2)12(16-13)18-7-6-17(3)11(19)9-18/h8H,4-7,9H2,1-3H3,(H,14,15,16). The van der Waals surface area contributed by atoms with Crippen LogP contribution >= 0.6 is 0 Å². The van der Waals surface area contributed by atoms with Crippen molar-refractivity contribution >= 4 is 17.7 Å². The van der Waals surface area contributed by atoms with Crippen LogP contribution in [0.1, 0.15) is 18.9 Å². The largest absolute Gasteiger partial charge is 0.354 e. The zero-order valence-corrected chi connectivity index (χ0v) is 11.8. The first-order valence-corrected chi connectivity index (χ1v) is 6.68. The molecule has 0 aromatic carbocycles. The third kappa shape index (κ3) is 3.13. The molecule has 0 bridgehead atoms. The molecule has 6 heteroatoms.